The quantitative estimate of drug-likeness (QED) is 0.758. The summed E-state index contributed by atoms with van der Waals surface area (Å²) < 4.78 is 0. The second-order valence-corrected chi connectivity index (χ2v) is 6.09. The molecule has 1 aromatic rings. The smallest absolute Gasteiger partial charge is 0.114 e. The third kappa shape index (κ3) is 1.000. The Kier molecular flexibility index (Phi) is 1.67. The van der Waals surface area contributed by atoms with E-state index in [2.05, 4.69) is 10.2 Å². The number of nitrogens with one attached hydrogen (secondary N) is 1. The molecule has 0 amide bonds. The summed E-state index contributed by atoms with van der Waals surface area (Å²) in [6.45, 7) is 0. The van der Waals surface area contributed by atoms with Crippen LogP contribution in [-0.2, 0) is 5.60 Å². The highest BCUT2D eigenvalue weighted by Gasteiger charge is 2.58. The van der Waals surface area contributed by atoms with Crippen molar-refractivity contribution < 1.29 is 5.11 Å². The largest absolute Gasteiger partial charge is 0.383 e. The Morgan fingerprint density at radius 3 is 2.25 bits per heavy atom. The number of nitrogens with zero attached hydrogens (tertiary/aromatic N) is 1. The Morgan fingerprint density at radius 2 is 1.75 bits per heavy atom. The summed E-state index contributed by atoms with van der Waals surface area (Å²) in [5.74, 6) is 2.71. The molecule has 4 saturated carbocycles. The molecular weight excluding hydrogens is 200 g/mol. The van der Waals surface area contributed by atoms with E-state index in [-0.39, 0.29) is 0 Å². The predicted molar refractivity (Wildman–Crippen MR) is 59.5 cm³/mol. The van der Waals surface area contributed by atoms with Crippen molar-refractivity contribution in [3.05, 3.63) is 18.0 Å². The summed E-state index contributed by atoms with van der Waals surface area (Å²) >= 11 is 0. The van der Waals surface area contributed by atoms with Gasteiger partial charge in [-0.1, -0.05) is 0 Å². The summed E-state index contributed by atoms with van der Waals surface area (Å²) in [4.78, 5) is 0. The van der Waals surface area contributed by atoms with Gasteiger partial charge in [0.2, 0.25) is 0 Å². The van der Waals surface area contributed by atoms with E-state index in [0.717, 1.165) is 17.5 Å². The Morgan fingerprint density at radius 1 is 1.12 bits per heavy atom. The number of hydrogen-bond acceptors (Lipinski definition) is 2. The maximum Gasteiger partial charge on any atom is 0.114 e. The van der Waals surface area contributed by atoms with Gasteiger partial charge in [0.15, 0.2) is 0 Å². The molecule has 4 fully saturated rings. The lowest BCUT2D eigenvalue weighted by Gasteiger charge is -2.58. The maximum absolute atomic E-state index is 11.1. The second kappa shape index (κ2) is 2.89. The molecule has 1 heterocycles. The molecular formula is C13H18N2O. The van der Waals surface area contributed by atoms with Gasteiger partial charge in [-0.05, 0) is 61.8 Å². The summed E-state index contributed by atoms with van der Waals surface area (Å²) in [5, 5.41) is 18.2. The molecule has 0 aromatic carbocycles. The van der Waals surface area contributed by atoms with E-state index in [1.54, 1.807) is 0 Å². The Labute approximate surface area is 95.3 Å². The average molecular weight is 218 g/mol. The molecule has 0 radical (unpaired) electrons. The van der Waals surface area contributed by atoms with Crippen LogP contribution in [0.4, 0.5) is 0 Å². The highest BCUT2D eigenvalue weighted by Crippen LogP contribution is 2.61. The lowest BCUT2D eigenvalue weighted by Crippen LogP contribution is -2.55. The van der Waals surface area contributed by atoms with Crippen LogP contribution in [0.25, 0.3) is 0 Å². The zero-order valence-electron chi connectivity index (χ0n) is 9.39. The predicted octanol–water partition coefficient (Wildman–Crippen LogP) is 2.05. The first-order valence-corrected chi connectivity index (χ1v) is 6.49. The second-order valence-electron chi connectivity index (χ2n) is 6.09. The first-order valence-electron chi connectivity index (χ1n) is 6.49. The SMILES string of the molecule is OC1(c2cc[nH]n2)C2CC3CC(C2)CC1C3. The van der Waals surface area contributed by atoms with E-state index in [1.165, 1.54) is 32.1 Å². The van der Waals surface area contributed by atoms with Crippen molar-refractivity contribution in [1.29, 1.82) is 0 Å². The first kappa shape index (κ1) is 9.23. The minimum Gasteiger partial charge on any atom is -0.383 e. The molecule has 16 heavy (non-hydrogen) atoms. The monoisotopic (exact) mass is 218 g/mol. The molecule has 86 valence electrons. The van der Waals surface area contributed by atoms with Gasteiger partial charge in [-0.3, -0.25) is 5.10 Å². The Hall–Kier alpha value is -0.830. The van der Waals surface area contributed by atoms with Gasteiger partial charge in [0.25, 0.3) is 0 Å². The van der Waals surface area contributed by atoms with Crippen molar-refractivity contribution in [2.45, 2.75) is 37.7 Å². The number of aromatic amines is 1. The van der Waals surface area contributed by atoms with Crippen LogP contribution in [0.15, 0.2) is 12.3 Å². The number of aromatic nitrogens is 2. The van der Waals surface area contributed by atoms with Crippen LogP contribution in [0.1, 0.15) is 37.8 Å². The van der Waals surface area contributed by atoms with E-state index in [0.29, 0.717) is 11.8 Å². The minimum atomic E-state index is -0.618. The normalized spacial score (nSPS) is 49.8. The summed E-state index contributed by atoms with van der Waals surface area (Å²) in [7, 11) is 0. The third-order valence-electron chi connectivity index (χ3n) is 5.29. The van der Waals surface area contributed by atoms with E-state index >= 15 is 0 Å². The number of rotatable bonds is 1. The fraction of sp³-hybridized carbons (Fsp3) is 0.769. The minimum absolute atomic E-state index is 0.465. The Balaban J connectivity index is 1.79. The molecule has 0 spiro atoms. The Bertz CT molecular complexity index is 370. The summed E-state index contributed by atoms with van der Waals surface area (Å²) in [6.07, 6.45) is 8.13. The molecule has 2 N–H and O–H groups in total. The van der Waals surface area contributed by atoms with Gasteiger partial charge in [0.1, 0.15) is 5.60 Å². The lowest BCUT2D eigenvalue weighted by molar-refractivity contribution is -0.181. The van der Waals surface area contributed by atoms with Gasteiger partial charge in [0, 0.05) is 6.20 Å². The van der Waals surface area contributed by atoms with Crippen molar-refractivity contribution in [2.24, 2.45) is 23.7 Å². The van der Waals surface area contributed by atoms with E-state index < -0.39 is 5.60 Å². The number of H-pyrrole nitrogens is 1. The van der Waals surface area contributed by atoms with Crippen LogP contribution in [0.3, 0.4) is 0 Å². The van der Waals surface area contributed by atoms with Crippen LogP contribution in [0, 0.1) is 23.7 Å². The van der Waals surface area contributed by atoms with Gasteiger partial charge in [-0.2, -0.15) is 5.10 Å². The fourth-order valence-corrected chi connectivity index (χ4v) is 4.80. The molecule has 5 rings (SSSR count). The molecule has 0 aliphatic heterocycles. The fourth-order valence-electron chi connectivity index (χ4n) is 4.80. The first-order chi connectivity index (χ1) is 7.77. The molecule has 0 atom stereocenters. The van der Waals surface area contributed by atoms with Crippen LogP contribution in [0.2, 0.25) is 0 Å². The van der Waals surface area contributed by atoms with Crippen molar-refractivity contribution in [3.63, 3.8) is 0 Å². The molecule has 0 saturated heterocycles. The number of hydrogen-bond donors (Lipinski definition) is 2. The molecule has 3 heteroatoms. The lowest BCUT2D eigenvalue weighted by atomic mass is 9.49. The zero-order chi connectivity index (χ0) is 10.8. The van der Waals surface area contributed by atoms with Gasteiger partial charge >= 0.3 is 0 Å². The molecule has 3 nitrogen and oxygen atoms in total. The van der Waals surface area contributed by atoms with Crippen LogP contribution in [0.5, 0.6) is 0 Å². The van der Waals surface area contributed by atoms with Crippen molar-refractivity contribution in [2.75, 3.05) is 0 Å². The molecule has 4 bridgehead atoms. The van der Waals surface area contributed by atoms with Gasteiger partial charge in [-0.25, -0.2) is 0 Å². The highest BCUT2D eigenvalue weighted by atomic mass is 16.3. The number of aliphatic hydroxyl groups is 1. The molecule has 4 aliphatic carbocycles. The van der Waals surface area contributed by atoms with Crippen LogP contribution >= 0.6 is 0 Å². The van der Waals surface area contributed by atoms with E-state index in [1.807, 2.05) is 12.3 Å². The van der Waals surface area contributed by atoms with Crippen LogP contribution < -0.4 is 0 Å². The molecule has 4 aliphatic rings. The van der Waals surface area contributed by atoms with Crippen molar-refractivity contribution in [1.82, 2.24) is 10.2 Å². The zero-order valence-corrected chi connectivity index (χ0v) is 9.39. The average Bonchev–Trinajstić information content (AvgIpc) is 2.78. The highest BCUT2D eigenvalue weighted by molar-refractivity contribution is 5.19. The van der Waals surface area contributed by atoms with E-state index in [9.17, 15) is 5.11 Å². The van der Waals surface area contributed by atoms with Gasteiger partial charge in [0.05, 0.1) is 5.69 Å². The summed E-state index contributed by atoms with van der Waals surface area (Å²) in [6, 6.07) is 1.96. The van der Waals surface area contributed by atoms with Crippen molar-refractivity contribution >= 4 is 0 Å². The molecule has 1 aromatic heterocycles. The topological polar surface area (TPSA) is 48.9 Å². The van der Waals surface area contributed by atoms with Crippen LogP contribution in [-0.4, -0.2) is 15.3 Å². The van der Waals surface area contributed by atoms with Gasteiger partial charge in [-0.15, -0.1) is 0 Å². The van der Waals surface area contributed by atoms with Crippen molar-refractivity contribution in [3.8, 4) is 0 Å². The standard InChI is InChI=1S/C13H18N2O/c16-13(12-1-2-14-15-12)10-4-8-3-9(6-10)7-11(13)5-8/h1-2,8-11,16H,3-7H2,(H,14,15). The molecule has 0 unspecified atom stereocenters. The summed E-state index contributed by atoms with van der Waals surface area (Å²) in [5.41, 5.74) is 0.272. The van der Waals surface area contributed by atoms with Gasteiger partial charge < -0.3 is 5.11 Å². The van der Waals surface area contributed by atoms with E-state index in [4.69, 9.17) is 0 Å². The third-order valence-corrected chi connectivity index (χ3v) is 5.29. The maximum atomic E-state index is 11.1.